The second kappa shape index (κ2) is 15.0. The van der Waals surface area contributed by atoms with E-state index in [9.17, 15) is 4.79 Å². The van der Waals surface area contributed by atoms with E-state index in [1.807, 2.05) is 0 Å². The number of carbonyl (C=O) groups is 1. The van der Waals surface area contributed by atoms with E-state index in [1.165, 1.54) is 103 Å². The van der Waals surface area contributed by atoms with Crippen LogP contribution in [0.2, 0.25) is 0 Å². The molecule has 1 heterocycles. The fourth-order valence-electron chi connectivity index (χ4n) is 4.77. The van der Waals surface area contributed by atoms with Crippen LogP contribution >= 0.6 is 0 Å². The third-order valence-electron chi connectivity index (χ3n) is 6.68. The molecule has 0 aromatic rings. The van der Waals surface area contributed by atoms with E-state index in [1.54, 1.807) is 0 Å². The molecule has 2 unspecified atom stereocenters. The van der Waals surface area contributed by atoms with E-state index in [0.717, 1.165) is 25.2 Å². The van der Waals surface area contributed by atoms with Gasteiger partial charge in [0.25, 0.3) is 0 Å². The van der Waals surface area contributed by atoms with Crippen molar-refractivity contribution in [1.82, 2.24) is 0 Å². The third kappa shape index (κ3) is 10.1. The highest BCUT2D eigenvalue weighted by Gasteiger charge is 2.25. The summed E-state index contributed by atoms with van der Waals surface area (Å²) in [6.45, 7) is 2.29. The van der Waals surface area contributed by atoms with Gasteiger partial charge in [0, 0.05) is 12.8 Å². The first-order valence-electron chi connectivity index (χ1n) is 12.6. The second-order valence-electron chi connectivity index (χ2n) is 9.26. The predicted molar refractivity (Wildman–Crippen MR) is 119 cm³/mol. The minimum Gasteiger partial charge on any atom is -0.392 e. The lowest BCUT2D eigenvalue weighted by Gasteiger charge is -2.17. The molecule has 0 saturated heterocycles. The smallest absolute Gasteiger partial charge is 0.180 e. The summed E-state index contributed by atoms with van der Waals surface area (Å²) in [6, 6.07) is 0. The maximum atomic E-state index is 12.3. The largest absolute Gasteiger partial charge is 0.392 e. The van der Waals surface area contributed by atoms with Gasteiger partial charge in [0.2, 0.25) is 0 Å². The number of unbranched alkanes of at least 4 members (excludes halogenated alkanes) is 7. The number of nitrogens with zero attached hydrogens (tertiary/aromatic N) is 1. The monoisotopic (exact) mass is 391 g/mol. The molecule has 28 heavy (non-hydrogen) atoms. The number of carbonyl (C=O) groups excluding carboxylic acids is 1. The Labute approximate surface area is 174 Å². The number of hydrogen-bond donors (Lipinski definition) is 0. The van der Waals surface area contributed by atoms with Gasteiger partial charge in [0.15, 0.2) is 5.78 Å². The van der Waals surface area contributed by atoms with E-state index < -0.39 is 0 Å². The number of Topliss-reactive ketones (excluding diaryl/α,β-unsaturated/α-hetero) is 1. The molecule has 0 amide bonds. The van der Waals surface area contributed by atoms with Crippen molar-refractivity contribution < 1.29 is 9.63 Å². The van der Waals surface area contributed by atoms with Gasteiger partial charge < -0.3 is 4.84 Å². The van der Waals surface area contributed by atoms with Crippen LogP contribution in [0.5, 0.6) is 0 Å². The molecular formula is C25H45NO2. The van der Waals surface area contributed by atoms with Crippen LogP contribution in [-0.2, 0) is 9.63 Å². The molecule has 0 spiro atoms. The van der Waals surface area contributed by atoms with Gasteiger partial charge in [0.05, 0.1) is 0 Å². The van der Waals surface area contributed by atoms with Crippen molar-refractivity contribution in [2.75, 3.05) is 0 Å². The molecule has 2 rings (SSSR count). The quantitative estimate of drug-likeness (QED) is 0.377. The van der Waals surface area contributed by atoms with Crippen molar-refractivity contribution in [3.63, 3.8) is 0 Å². The van der Waals surface area contributed by atoms with Gasteiger partial charge in [-0.1, -0.05) is 108 Å². The summed E-state index contributed by atoms with van der Waals surface area (Å²) >= 11 is 0. The summed E-state index contributed by atoms with van der Waals surface area (Å²) in [5, 5.41) is 4.07. The minimum atomic E-state index is 0.166. The zero-order valence-electron chi connectivity index (χ0n) is 18.6. The van der Waals surface area contributed by atoms with Crippen LogP contribution < -0.4 is 0 Å². The highest BCUT2D eigenvalue weighted by molar-refractivity contribution is 6.40. The molecule has 0 aromatic carbocycles. The first-order chi connectivity index (χ1) is 13.8. The molecule has 1 aliphatic heterocycles. The molecule has 0 radical (unpaired) electrons. The lowest BCUT2D eigenvalue weighted by Crippen LogP contribution is -2.15. The zero-order chi connectivity index (χ0) is 19.9. The van der Waals surface area contributed by atoms with Gasteiger partial charge >= 0.3 is 0 Å². The molecule has 3 nitrogen and oxygen atoms in total. The highest BCUT2D eigenvalue weighted by Crippen LogP contribution is 2.26. The van der Waals surface area contributed by atoms with Crippen LogP contribution in [0.15, 0.2) is 5.16 Å². The average molecular weight is 392 g/mol. The Morgan fingerprint density at radius 1 is 0.821 bits per heavy atom. The summed E-state index contributed by atoms with van der Waals surface area (Å²) in [5.74, 6) is 1.12. The molecule has 1 fully saturated rings. The molecular weight excluding hydrogens is 346 g/mol. The van der Waals surface area contributed by atoms with Crippen molar-refractivity contribution in [2.24, 2.45) is 11.1 Å². The summed E-state index contributed by atoms with van der Waals surface area (Å²) in [7, 11) is 0. The standard InChI is InChI=1S/C25H45NO2/c1-2-3-4-5-6-7-8-11-16-22-17-12-9-10-13-19-23-21-24(26-28-23)25(27)20-15-14-18-22/h22-23H,2-21H2,1H3. The second-order valence-corrected chi connectivity index (χ2v) is 9.26. The van der Waals surface area contributed by atoms with Crippen LogP contribution in [0.25, 0.3) is 0 Å². The minimum absolute atomic E-state index is 0.166. The lowest BCUT2D eigenvalue weighted by molar-refractivity contribution is -0.113. The molecule has 2 atom stereocenters. The number of fused-ring (bicyclic) bond motifs is 2. The molecule has 1 saturated carbocycles. The van der Waals surface area contributed by atoms with Crippen molar-refractivity contribution >= 4 is 11.5 Å². The van der Waals surface area contributed by atoms with Crippen LogP contribution in [0.4, 0.5) is 0 Å². The molecule has 3 heteroatoms. The Morgan fingerprint density at radius 2 is 1.46 bits per heavy atom. The van der Waals surface area contributed by atoms with Crippen molar-refractivity contribution in [3.05, 3.63) is 0 Å². The molecule has 2 aliphatic rings. The summed E-state index contributed by atoms with van der Waals surface area (Å²) in [5.41, 5.74) is 0.704. The van der Waals surface area contributed by atoms with Crippen LogP contribution in [0.3, 0.4) is 0 Å². The molecule has 2 bridgehead atoms. The normalized spacial score (nSPS) is 24.9. The Balaban J connectivity index is 1.64. The van der Waals surface area contributed by atoms with Gasteiger partial charge in [-0.2, -0.15) is 0 Å². The maximum Gasteiger partial charge on any atom is 0.180 e. The average Bonchev–Trinajstić information content (AvgIpc) is 3.17. The van der Waals surface area contributed by atoms with Crippen LogP contribution in [-0.4, -0.2) is 17.6 Å². The van der Waals surface area contributed by atoms with Crippen molar-refractivity contribution in [1.29, 1.82) is 0 Å². The first kappa shape index (κ1) is 23.4. The zero-order valence-corrected chi connectivity index (χ0v) is 18.6. The Kier molecular flexibility index (Phi) is 12.6. The van der Waals surface area contributed by atoms with Gasteiger partial charge in [-0.3, -0.25) is 4.79 Å². The number of hydrogen-bond acceptors (Lipinski definition) is 3. The summed E-state index contributed by atoms with van der Waals surface area (Å²) < 4.78 is 0. The van der Waals surface area contributed by atoms with Crippen molar-refractivity contribution in [2.45, 2.75) is 141 Å². The van der Waals surface area contributed by atoms with E-state index in [-0.39, 0.29) is 11.9 Å². The van der Waals surface area contributed by atoms with Gasteiger partial charge in [0.1, 0.15) is 11.8 Å². The SMILES string of the molecule is CCCCCCCCCCC1CCCCCCC2CC(=NO2)C(=O)CCCC1. The summed E-state index contributed by atoms with van der Waals surface area (Å²) in [4.78, 5) is 17.8. The van der Waals surface area contributed by atoms with E-state index in [2.05, 4.69) is 12.1 Å². The fourth-order valence-corrected chi connectivity index (χ4v) is 4.77. The molecule has 0 N–H and O–H groups in total. The van der Waals surface area contributed by atoms with E-state index >= 15 is 0 Å². The topological polar surface area (TPSA) is 38.7 Å². The van der Waals surface area contributed by atoms with Gasteiger partial charge in [-0.05, 0) is 25.2 Å². The van der Waals surface area contributed by atoms with Crippen LogP contribution in [0.1, 0.15) is 135 Å². The molecule has 0 aromatic heterocycles. The van der Waals surface area contributed by atoms with Gasteiger partial charge in [-0.25, -0.2) is 0 Å². The number of rotatable bonds is 9. The summed E-state index contributed by atoms with van der Waals surface area (Å²) in [6.07, 6.45) is 25.5. The first-order valence-corrected chi connectivity index (χ1v) is 12.6. The third-order valence-corrected chi connectivity index (χ3v) is 6.68. The molecule has 162 valence electrons. The Hall–Kier alpha value is -0.860. The maximum absolute atomic E-state index is 12.3. The predicted octanol–water partition coefficient (Wildman–Crippen LogP) is 7.76. The van der Waals surface area contributed by atoms with Crippen LogP contribution in [0, 0.1) is 5.92 Å². The highest BCUT2D eigenvalue weighted by atomic mass is 16.6. The Bertz CT molecular complexity index is 446. The van der Waals surface area contributed by atoms with Crippen molar-refractivity contribution in [3.8, 4) is 0 Å². The molecule has 1 aliphatic carbocycles. The lowest BCUT2D eigenvalue weighted by atomic mass is 9.89. The number of ketones is 1. The Morgan fingerprint density at radius 3 is 2.21 bits per heavy atom. The van der Waals surface area contributed by atoms with E-state index in [0.29, 0.717) is 12.1 Å². The van der Waals surface area contributed by atoms with Gasteiger partial charge in [-0.15, -0.1) is 0 Å². The number of oxime groups is 1. The van der Waals surface area contributed by atoms with E-state index in [4.69, 9.17) is 4.84 Å². The fraction of sp³-hybridized carbons (Fsp3) is 0.920.